The van der Waals surface area contributed by atoms with Crippen LogP contribution in [0.1, 0.15) is 29.8 Å². The Bertz CT molecular complexity index is 970. The fraction of sp³-hybridized carbons (Fsp3) is 0.250. The van der Waals surface area contributed by atoms with Crippen LogP contribution in [0.3, 0.4) is 0 Å². The molecule has 140 valence electrons. The third kappa shape index (κ3) is 5.31. The Morgan fingerprint density at radius 3 is 2.67 bits per heavy atom. The van der Waals surface area contributed by atoms with Gasteiger partial charge in [-0.25, -0.2) is 4.98 Å². The van der Waals surface area contributed by atoms with Gasteiger partial charge in [0.05, 0.1) is 15.5 Å². The molecule has 1 atom stereocenters. The highest BCUT2D eigenvalue weighted by Crippen LogP contribution is 2.34. The van der Waals surface area contributed by atoms with Gasteiger partial charge in [0.1, 0.15) is 0 Å². The highest BCUT2D eigenvalue weighted by Gasteiger charge is 2.18. The van der Waals surface area contributed by atoms with Crippen molar-refractivity contribution in [2.45, 2.75) is 29.9 Å². The van der Waals surface area contributed by atoms with E-state index in [2.05, 4.69) is 10.3 Å². The van der Waals surface area contributed by atoms with Gasteiger partial charge < -0.3 is 5.32 Å². The zero-order valence-electron chi connectivity index (χ0n) is 15.0. The molecule has 3 aromatic rings. The number of thiazole rings is 1. The molecule has 4 nitrogen and oxygen atoms in total. The van der Waals surface area contributed by atoms with Gasteiger partial charge in [-0.3, -0.25) is 9.59 Å². The Balaban J connectivity index is 1.62. The van der Waals surface area contributed by atoms with E-state index in [4.69, 9.17) is 11.6 Å². The fourth-order valence-electron chi connectivity index (χ4n) is 2.59. The molecule has 1 aromatic heterocycles. The van der Waals surface area contributed by atoms with E-state index in [0.717, 1.165) is 26.5 Å². The van der Waals surface area contributed by atoms with Crippen LogP contribution >= 0.6 is 34.7 Å². The monoisotopic (exact) mass is 418 g/mol. The van der Waals surface area contributed by atoms with Crippen LogP contribution < -0.4 is 5.32 Å². The number of thioether (sulfide) groups is 1. The van der Waals surface area contributed by atoms with Gasteiger partial charge in [-0.05, 0) is 37.1 Å². The van der Waals surface area contributed by atoms with Gasteiger partial charge in [0.15, 0.2) is 10.1 Å². The number of amides is 1. The van der Waals surface area contributed by atoms with Crippen LogP contribution in [0, 0.1) is 0 Å². The fourth-order valence-corrected chi connectivity index (χ4v) is 5.02. The molecule has 0 aliphatic heterocycles. The lowest BCUT2D eigenvalue weighted by atomic mass is 10.0. The van der Waals surface area contributed by atoms with Gasteiger partial charge >= 0.3 is 0 Å². The number of hydrogen-bond donors (Lipinski definition) is 1. The van der Waals surface area contributed by atoms with Gasteiger partial charge in [-0.15, -0.1) is 11.3 Å². The molecule has 0 aliphatic carbocycles. The van der Waals surface area contributed by atoms with Gasteiger partial charge in [0.25, 0.3) is 0 Å². The summed E-state index contributed by atoms with van der Waals surface area (Å²) in [7, 11) is 0. The minimum Gasteiger partial charge on any atom is -0.356 e. The molecule has 0 unspecified atom stereocenters. The second kappa shape index (κ2) is 8.87. The summed E-state index contributed by atoms with van der Waals surface area (Å²) in [4.78, 5) is 28.2. The van der Waals surface area contributed by atoms with Crippen molar-refractivity contribution in [3.05, 3.63) is 58.6 Å². The summed E-state index contributed by atoms with van der Waals surface area (Å²) >= 11 is 9.04. The molecule has 27 heavy (non-hydrogen) atoms. The first-order chi connectivity index (χ1) is 12.9. The molecule has 7 heteroatoms. The number of Topliss-reactive ketones (excluding diaryl/α,β-unsaturated/α-hetero) is 1. The van der Waals surface area contributed by atoms with Crippen molar-refractivity contribution in [3.63, 3.8) is 0 Å². The maximum atomic E-state index is 12.7. The normalized spacial score (nSPS) is 12.1. The summed E-state index contributed by atoms with van der Waals surface area (Å²) in [5.74, 6) is 0.0375. The largest absolute Gasteiger partial charge is 0.356 e. The van der Waals surface area contributed by atoms with E-state index in [1.807, 2.05) is 49.4 Å². The standard InChI is InChI=1S/C20H19ClN2O2S2/c1-12(26-20-23-17-11-16(21)7-8-18(17)27-20)19(25)15-5-3-14(4-6-15)9-10-22-13(2)24/h3-8,11-12H,9-10H2,1-2H3,(H,22,24)/t12-/m1/s1. The average Bonchev–Trinajstić information content (AvgIpc) is 3.02. The van der Waals surface area contributed by atoms with Crippen LogP contribution in [-0.2, 0) is 11.2 Å². The summed E-state index contributed by atoms with van der Waals surface area (Å²) in [6.45, 7) is 3.99. The van der Waals surface area contributed by atoms with Crippen LogP contribution in [0.5, 0.6) is 0 Å². The molecular formula is C20H19ClN2O2S2. The molecule has 3 rings (SSSR count). The number of nitrogens with zero attached hydrogens (tertiary/aromatic N) is 1. The topological polar surface area (TPSA) is 59.1 Å². The van der Waals surface area contributed by atoms with E-state index in [0.29, 0.717) is 17.1 Å². The van der Waals surface area contributed by atoms with E-state index < -0.39 is 0 Å². The van der Waals surface area contributed by atoms with Gasteiger partial charge in [0.2, 0.25) is 5.91 Å². The molecule has 0 spiro atoms. The van der Waals surface area contributed by atoms with Crippen molar-refractivity contribution >= 4 is 56.6 Å². The van der Waals surface area contributed by atoms with Crippen LogP contribution in [-0.4, -0.2) is 28.5 Å². The number of benzene rings is 2. The summed E-state index contributed by atoms with van der Waals surface area (Å²) in [5.41, 5.74) is 2.63. The van der Waals surface area contributed by atoms with Crippen LogP contribution in [0.15, 0.2) is 46.8 Å². The number of fused-ring (bicyclic) bond motifs is 1. The Kier molecular flexibility index (Phi) is 6.52. The molecule has 1 N–H and O–H groups in total. The smallest absolute Gasteiger partial charge is 0.216 e. The Morgan fingerprint density at radius 1 is 1.22 bits per heavy atom. The first-order valence-corrected chi connectivity index (χ1v) is 10.6. The molecule has 0 bridgehead atoms. The summed E-state index contributed by atoms with van der Waals surface area (Å²) in [6.07, 6.45) is 0.743. The molecular weight excluding hydrogens is 400 g/mol. The van der Waals surface area contributed by atoms with E-state index in [9.17, 15) is 9.59 Å². The van der Waals surface area contributed by atoms with Crippen LogP contribution in [0.2, 0.25) is 5.02 Å². The van der Waals surface area contributed by atoms with Gasteiger partial charge in [-0.1, -0.05) is 47.6 Å². The Morgan fingerprint density at radius 2 is 1.96 bits per heavy atom. The SMILES string of the molecule is CC(=O)NCCc1ccc(C(=O)[C@@H](C)Sc2nc3cc(Cl)ccc3s2)cc1. The molecule has 1 heterocycles. The minimum atomic E-state index is -0.230. The molecule has 0 aliphatic rings. The highest BCUT2D eigenvalue weighted by atomic mass is 35.5. The van der Waals surface area contributed by atoms with E-state index >= 15 is 0 Å². The number of carbonyl (C=O) groups is 2. The molecule has 2 aromatic carbocycles. The maximum Gasteiger partial charge on any atom is 0.216 e. The summed E-state index contributed by atoms with van der Waals surface area (Å²) in [5, 5.41) is 3.20. The number of carbonyl (C=O) groups excluding carboxylic acids is 2. The number of ketones is 1. The number of hydrogen-bond acceptors (Lipinski definition) is 5. The van der Waals surface area contributed by atoms with E-state index in [1.54, 1.807) is 11.3 Å². The van der Waals surface area contributed by atoms with Crippen molar-refractivity contribution in [3.8, 4) is 0 Å². The second-order valence-corrected chi connectivity index (χ2v) is 9.20. The molecule has 0 fully saturated rings. The van der Waals surface area contributed by atoms with Crippen LogP contribution in [0.4, 0.5) is 0 Å². The zero-order chi connectivity index (χ0) is 19.4. The van der Waals surface area contributed by atoms with Crippen molar-refractivity contribution in [1.29, 1.82) is 0 Å². The first-order valence-electron chi connectivity index (χ1n) is 8.53. The van der Waals surface area contributed by atoms with Gasteiger partial charge in [-0.2, -0.15) is 0 Å². The quantitative estimate of drug-likeness (QED) is 0.433. The second-order valence-electron chi connectivity index (χ2n) is 6.15. The number of rotatable bonds is 7. The molecule has 0 saturated carbocycles. The van der Waals surface area contributed by atoms with E-state index in [1.165, 1.54) is 18.7 Å². The van der Waals surface area contributed by atoms with Crippen molar-refractivity contribution < 1.29 is 9.59 Å². The third-order valence-corrected chi connectivity index (χ3v) is 6.47. The predicted molar refractivity (Wildman–Crippen MR) is 113 cm³/mol. The molecule has 0 radical (unpaired) electrons. The van der Waals surface area contributed by atoms with Crippen molar-refractivity contribution in [2.24, 2.45) is 0 Å². The summed E-state index contributed by atoms with van der Waals surface area (Å²) < 4.78 is 1.92. The Labute approximate surface area is 171 Å². The number of aromatic nitrogens is 1. The maximum absolute atomic E-state index is 12.7. The zero-order valence-corrected chi connectivity index (χ0v) is 17.4. The number of halogens is 1. The lowest BCUT2D eigenvalue weighted by Gasteiger charge is -2.09. The molecule has 1 amide bonds. The Hall–Kier alpha value is -1.89. The highest BCUT2D eigenvalue weighted by molar-refractivity contribution is 8.02. The lowest BCUT2D eigenvalue weighted by Crippen LogP contribution is -2.22. The van der Waals surface area contributed by atoms with Crippen molar-refractivity contribution in [2.75, 3.05) is 6.54 Å². The minimum absolute atomic E-state index is 0.0373. The van der Waals surface area contributed by atoms with Crippen molar-refractivity contribution in [1.82, 2.24) is 10.3 Å². The predicted octanol–water partition coefficient (Wildman–Crippen LogP) is 4.99. The first kappa shape index (κ1) is 19.9. The lowest BCUT2D eigenvalue weighted by molar-refractivity contribution is -0.118. The molecule has 0 saturated heterocycles. The van der Waals surface area contributed by atoms with Crippen LogP contribution in [0.25, 0.3) is 10.2 Å². The third-order valence-electron chi connectivity index (χ3n) is 4.00. The van der Waals surface area contributed by atoms with E-state index in [-0.39, 0.29) is 16.9 Å². The number of nitrogens with one attached hydrogen (secondary N) is 1. The average molecular weight is 419 g/mol. The van der Waals surface area contributed by atoms with Gasteiger partial charge in [0, 0.05) is 24.1 Å². The summed E-state index contributed by atoms with van der Waals surface area (Å²) in [6, 6.07) is 13.2.